The SMILES string of the molecule is CC(C)(C)Cn1c(=O)[nH]c2cc(C3=CCCC=C3)ccc21. The summed E-state index contributed by atoms with van der Waals surface area (Å²) in [5.41, 5.74) is 4.37. The Morgan fingerprint density at radius 1 is 1.24 bits per heavy atom. The number of hydrogen-bond acceptors (Lipinski definition) is 1. The quantitative estimate of drug-likeness (QED) is 0.884. The lowest BCUT2D eigenvalue weighted by atomic mass is 9.96. The van der Waals surface area contributed by atoms with Crippen LogP contribution >= 0.6 is 0 Å². The topological polar surface area (TPSA) is 37.8 Å². The molecule has 3 heteroatoms. The molecule has 0 unspecified atom stereocenters. The fraction of sp³-hybridized carbons (Fsp3) is 0.389. The van der Waals surface area contributed by atoms with Crippen LogP contribution in [-0.2, 0) is 6.54 Å². The van der Waals surface area contributed by atoms with Crippen molar-refractivity contribution >= 4 is 16.6 Å². The van der Waals surface area contributed by atoms with Crippen LogP contribution in [0.1, 0.15) is 39.2 Å². The Morgan fingerprint density at radius 2 is 2.05 bits per heavy atom. The predicted molar refractivity (Wildman–Crippen MR) is 88.4 cm³/mol. The van der Waals surface area contributed by atoms with Crippen molar-refractivity contribution < 1.29 is 0 Å². The molecule has 3 nitrogen and oxygen atoms in total. The van der Waals surface area contributed by atoms with E-state index in [2.05, 4.69) is 62.2 Å². The third-order valence-electron chi connectivity index (χ3n) is 3.73. The Hall–Kier alpha value is -2.03. The molecule has 1 aromatic heterocycles. The number of allylic oxidation sites excluding steroid dienone is 4. The van der Waals surface area contributed by atoms with Crippen molar-refractivity contribution in [3.8, 4) is 0 Å². The van der Waals surface area contributed by atoms with Crippen LogP contribution in [0.5, 0.6) is 0 Å². The standard InChI is InChI=1S/C18H22N2O/c1-18(2,3)12-20-16-10-9-14(11-15(16)19-17(20)21)13-7-5-4-6-8-13/h5,7-11H,4,6,12H2,1-3H3,(H,19,21). The lowest BCUT2D eigenvalue weighted by molar-refractivity contribution is 0.344. The normalized spacial score (nSPS) is 15.5. The molecule has 0 fully saturated rings. The average molecular weight is 282 g/mol. The van der Waals surface area contributed by atoms with Crippen LogP contribution in [-0.4, -0.2) is 9.55 Å². The summed E-state index contributed by atoms with van der Waals surface area (Å²) < 4.78 is 1.84. The van der Waals surface area contributed by atoms with E-state index in [1.54, 1.807) is 0 Å². The van der Waals surface area contributed by atoms with Crippen molar-refractivity contribution in [2.45, 2.75) is 40.2 Å². The second-order valence-corrected chi connectivity index (χ2v) is 6.95. The predicted octanol–water partition coefficient (Wildman–Crippen LogP) is 4.11. The molecule has 110 valence electrons. The molecule has 0 saturated heterocycles. The lowest BCUT2D eigenvalue weighted by Gasteiger charge is -2.18. The molecular formula is C18H22N2O. The molecule has 0 aliphatic heterocycles. The molecule has 1 aliphatic rings. The molecule has 1 aliphatic carbocycles. The maximum Gasteiger partial charge on any atom is 0.326 e. The molecule has 1 heterocycles. The largest absolute Gasteiger partial charge is 0.326 e. The zero-order chi connectivity index (χ0) is 15.0. The number of nitrogens with zero attached hydrogens (tertiary/aromatic N) is 1. The maximum atomic E-state index is 12.2. The first-order valence-corrected chi connectivity index (χ1v) is 7.54. The number of aromatic amines is 1. The Kier molecular flexibility index (Phi) is 3.36. The van der Waals surface area contributed by atoms with Crippen LogP contribution in [0.4, 0.5) is 0 Å². The van der Waals surface area contributed by atoms with E-state index in [1.807, 2.05) is 4.57 Å². The van der Waals surface area contributed by atoms with Crippen LogP contribution in [0.2, 0.25) is 0 Å². The minimum atomic E-state index is -0.0229. The average Bonchev–Trinajstić information content (AvgIpc) is 2.74. The summed E-state index contributed by atoms with van der Waals surface area (Å²) >= 11 is 0. The third-order valence-corrected chi connectivity index (χ3v) is 3.73. The molecule has 0 spiro atoms. The molecule has 1 aromatic carbocycles. The van der Waals surface area contributed by atoms with Crippen molar-refractivity contribution in [2.24, 2.45) is 5.41 Å². The van der Waals surface area contributed by atoms with Gasteiger partial charge in [0.25, 0.3) is 0 Å². The van der Waals surface area contributed by atoms with Crippen LogP contribution in [0.15, 0.2) is 41.2 Å². The number of aromatic nitrogens is 2. The van der Waals surface area contributed by atoms with Gasteiger partial charge in [-0.25, -0.2) is 4.79 Å². The van der Waals surface area contributed by atoms with Gasteiger partial charge >= 0.3 is 5.69 Å². The van der Waals surface area contributed by atoms with Crippen molar-refractivity contribution in [3.63, 3.8) is 0 Å². The number of nitrogens with one attached hydrogen (secondary N) is 1. The summed E-state index contributed by atoms with van der Waals surface area (Å²) in [6.07, 6.45) is 8.82. The molecule has 0 atom stereocenters. The zero-order valence-corrected chi connectivity index (χ0v) is 12.9. The molecule has 3 rings (SSSR count). The number of benzene rings is 1. The minimum absolute atomic E-state index is 0.0229. The van der Waals surface area contributed by atoms with E-state index < -0.39 is 0 Å². The van der Waals surface area contributed by atoms with E-state index >= 15 is 0 Å². The highest BCUT2D eigenvalue weighted by Crippen LogP contribution is 2.25. The van der Waals surface area contributed by atoms with Crippen molar-refractivity contribution in [3.05, 3.63) is 52.5 Å². The molecular weight excluding hydrogens is 260 g/mol. The molecule has 0 amide bonds. The molecule has 0 bridgehead atoms. The number of fused-ring (bicyclic) bond motifs is 1. The van der Waals surface area contributed by atoms with Gasteiger partial charge in [-0.1, -0.05) is 45.1 Å². The van der Waals surface area contributed by atoms with Crippen LogP contribution < -0.4 is 5.69 Å². The van der Waals surface area contributed by atoms with Gasteiger partial charge < -0.3 is 4.98 Å². The lowest BCUT2D eigenvalue weighted by Crippen LogP contribution is -2.24. The highest BCUT2D eigenvalue weighted by molar-refractivity contribution is 5.84. The summed E-state index contributed by atoms with van der Waals surface area (Å²) in [5, 5.41) is 0. The van der Waals surface area contributed by atoms with Gasteiger partial charge in [0.2, 0.25) is 0 Å². The second kappa shape index (κ2) is 5.06. The highest BCUT2D eigenvalue weighted by Gasteiger charge is 2.16. The number of hydrogen-bond donors (Lipinski definition) is 1. The van der Waals surface area contributed by atoms with E-state index in [0.717, 1.165) is 23.9 Å². The van der Waals surface area contributed by atoms with E-state index in [4.69, 9.17) is 0 Å². The van der Waals surface area contributed by atoms with Gasteiger partial charge in [0.1, 0.15) is 0 Å². The van der Waals surface area contributed by atoms with E-state index in [1.165, 1.54) is 11.1 Å². The summed E-state index contributed by atoms with van der Waals surface area (Å²) in [6, 6.07) is 6.24. The smallest absolute Gasteiger partial charge is 0.306 e. The molecule has 0 saturated carbocycles. The van der Waals surface area contributed by atoms with Gasteiger partial charge in [-0.15, -0.1) is 0 Å². The highest BCUT2D eigenvalue weighted by atomic mass is 16.1. The molecule has 1 N–H and O–H groups in total. The Morgan fingerprint density at radius 3 is 2.71 bits per heavy atom. The van der Waals surface area contributed by atoms with Crippen LogP contribution in [0.3, 0.4) is 0 Å². The summed E-state index contributed by atoms with van der Waals surface area (Å²) in [5.74, 6) is 0. The fourth-order valence-electron chi connectivity index (χ4n) is 2.80. The second-order valence-electron chi connectivity index (χ2n) is 6.95. The van der Waals surface area contributed by atoms with Gasteiger partial charge in [0, 0.05) is 6.54 Å². The van der Waals surface area contributed by atoms with Gasteiger partial charge in [0.05, 0.1) is 11.0 Å². The van der Waals surface area contributed by atoms with Gasteiger partial charge in [0.15, 0.2) is 0 Å². The summed E-state index contributed by atoms with van der Waals surface area (Å²) in [6.45, 7) is 7.15. The van der Waals surface area contributed by atoms with E-state index in [9.17, 15) is 4.79 Å². The molecule has 2 aromatic rings. The Balaban J connectivity index is 2.06. The molecule has 0 radical (unpaired) electrons. The van der Waals surface area contributed by atoms with Gasteiger partial charge in [-0.05, 0) is 41.5 Å². The number of rotatable bonds is 2. The van der Waals surface area contributed by atoms with Crippen LogP contribution in [0.25, 0.3) is 16.6 Å². The first-order valence-electron chi connectivity index (χ1n) is 7.54. The molecule has 21 heavy (non-hydrogen) atoms. The van der Waals surface area contributed by atoms with Crippen molar-refractivity contribution in [1.29, 1.82) is 0 Å². The van der Waals surface area contributed by atoms with Crippen molar-refractivity contribution in [2.75, 3.05) is 0 Å². The van der Waals surface area contributed by atoms with Gasteiger partial charge in [-0.2, -0.15) is 0 Å². The van der Waals surface area contributed by atoms with Crippen molar-refractivity contribution in [1.82, 2.24) is 9.55 Å². The van der Waals surface area contributed by atoms with Crippen LogP contribution in [0, 0.1) is 5.41 Å². The summed E-state index contributed by atoms with van der Waals surface area (Å²) in [4.78, 5) is 15.2. The zero-order valence-electron chi connectivity index (χ0n) is 12.9. The number of imidazole rings is 1. The Labute approximate surface area is 125 Å². The minimum Gasteiger partial charge on any atom is -0.306 e. The summed E-state index contributed by atoms with van der Waals surface area (Å²) in [7, 11) is 0. The Bertz CT molecular complexity index is 782. The first-order chi connectivity index (χ1) is 9.94. The van der Waals surface area contributed by atoms with Gasteiger partial charge in [-0.3, -0.25) is 4.57 Å². The number of H-pyrrole nitrogens is 1. The third kappa shape index (κ3) is 2.87. The first kappa shape index (κ1) is 13.9. The van der Waals surface area contributed by atoms with E-state index in [-0.39, 0.29) is 11.1 Å². The van der Waals surface area contributed by atoms with E-state index in [0.29, 0.717) is 6.54 Å². The maximum absolute atomic E-state index is 12.2. The monoisotopic (exact) mass is 282 g/mol. The fourth-order valence-corrected chi connectivity index (χ4v) is 2.80.